The molecule has 1 heterocycles. The molecule has 5 heteroatoms. The number of pyridine rings is 1. The molecular formula is C11H11NO4. The molecule has 0 unspecified atom stereocenters. The van der Waals surface area contributed by atoms with Gasteiger partial charge in [0.05, 0.1) is 12.3 Å². The Kier molecular flexibility index (Phi) is 4.20. The molecule has 0 bridgehead atoms. The Balaban J connectivity index is 2.77. The Hall–Kier alpha value is -2.17. The number of hydrogen-bond donors (Lipinski definition) is 1. The first-order chi connectivity index (χ1) is 7.63. The SMILES string of the molecule is CCOC(=O)C=Cc1cccc(C(=O)O)n1. The first kappa shape index (κ1) is 11.9. The molecular weight excluding hydrogens is 210 g/mol. The molecule has 84 valence electrons. The molecule has 1 rings (SSSR count). The molecule has 0 aliphatic heterocycles. The van der Waals surface area contributed by atoms with Gasteiger partial charge in [0.2, 0.25) is 0 Å². The van der Waals surface area contributed by atoms with Crippen molar-refractivity contribution in [3.05, 3.63) is 35.7 Å². The van der Waals surface area contributed by atoms with Gasteiger partial charge in [0, 0.05) is 6.08 Å². The highest BCUT2D eigenvalue weighted by molar-refractivity contribution is 5.88. The number of ether oxygens (including phenoxy) is 1. The number of nitrogens with zero attached hydrogens (tertiary/aromatic N) is 1. The molecule has 0 aliphatic rings. The van der Waals surface area contributed by atoms with E-state index in [-0.39, 0.29) is 5.69 Å². The highest BCUT2D eigenvalue weighted by Gasteiger charge is 2.03. The predicted molar refractivity (Wildman–Crippen MR) is 56.9 cm³/mol. The average molecular weight is 221 g/mol. The van der Waals surface area contributed by atoms with E-state index < -0.39 is 11.9 Å². The van der Waals surface area contributed by atoms with Crippen LogP contribution in [0.3, 0.4) is 0 Å². The summed E-state index contributed by atoms with van der Waals surface area (Å²) in [6, 6.07) is 4.54. The summed E-state index contributed by atoms with van der Waals surface area (Å²) in [5, 5.41) is 8.69. The number of carboxylic acids is 1. The second-order valence-corrected chi connectivity index (χ2v) is 2.84. The topological polar surface area (TPSA) is 76.5 Å². The summed E-state index contributed by atoms with van der Waals surface area (Å²) in [4.78, 5) is 25.4. The van der Waals surface area contributed by atoms with E-state index in [0.717, 1.165) is 0 Å². The van der Waals surface area contributed by atoms with Crippen molar-refractivity contribution in [2.24, 2.45) is 0 Å². The quantitative estimate of drug-likeness (QED) is 0.613. The summed E-state index contributed by atoms with van der Waals surface area (Å²) in [7, 11) is 0. The van der Waals surface area contributed by atoms with Gasteiger partial charge in [-0.1, -0.05) is 6.07 Å². The lowest BCUT2D eigenvalue weighted by atomic mass is 10.3. The molecule has 0 aromatic carbocycles. The highest BCUT2D eigenvalue weighted by atomic mass is 16.5. The molecule has 0 radical (unpaired) electrons. The van der Waals surface area contributed by atoms with Gasteiger partial charge in [-0.15, -0.1) is 0 Å². The Morgan fingerprint density at radius 3 is 2.88 bits per heavy atom. The van der Waals surface area contributed by atoms with Crippen molar-refractivity contribution in [2.45, 2.75) is 6.92 Å². The second kappa shape index (κ2) is 5.65. The molecule has 1 aromatic rings. The average Bonchev–Trinajstić information content (AvgIpc) is 2.27. The first-order valence-corrected chi connectivity index (χ1v) is 4.68. The van der Waals surface area contributed by atoms with Crippen molar-refractivity contribution in [3.63, 3.8) is 0 Å². The van der Waals surface area contributed by atoms with Crippen LogP contribution in [0.2, 0.25) is 0 Å². The number of carboxylic acid groups (broad SMARTS) is 1. The smallest absolute Gasteiger partial charge is 0.354 e. The van der Waals surface area contributed by atoms with Gasteiger partial charge in [0.15, 0.2) is 0 Å². The van der Waals surface area contributed by atoms with Gasteiger partial charge in [0.1, 0.15) is 5.69 Å². The zero-order valence-electron chi connectivity index (χ0n) is 8.71. The van der Waals surface area contributed by atoms with E-state index in [4.69, 9.17) is 5.11 Å². The molecule has 0 amide bonds. The number of esters is 1. The highest BCUT2D eigenvalue weighted by Crippen LogP contribution is 2.02. The van der Waals surface area contributed by atoms with Crippen LogP contribution in [0, 0.1) is 0 Å². The van der Waals surface area contributed by atoms with Gasteiger partial charge >= 0.3 is 11.9 Å². The maximum absolute atomic E-state index is 11.0. The van der Waals surface area contributed by atoms with E-state index in [1.54, 1.807) is 19.1 Å². The second-order valence-electron chi connectivity index (χ2n) is 2.84. The van der Waals surface area contributed by atoms with Crippen LogP contribution in [0.1, 0.15) is 23.1 Å². The summed E-state index contributed by atoms with van der Waals surface area (Å²) in [5.41, 5.74) is 0.332. The molecule has 0 aliphatic carbocycles. The summed E-state index contributed by atoms with van der Waals surface area (Å²) >= 11 is 0. The minimum Gasteiger partial charge on any atom is -0.477 e. The molecule has 16 heavy (non-hydrogen) atoms. The monoisotopic (exact) mass is 221 g/mol. The van der Waals surface area contributed by atoms with E-state index in [9.17, 15) is 9.59 Å². The molecule has 0 spiro atoms. The van der Waals surface area contributed by atoms with Crippen LogP contribution in [0.5, 0.6) is 0 Å². The minimum atomic E-state index is -1.11. The third-order valence-corrected chi connectivity index (χ3v) is 1.67. The summed E-state index contributed by atoms with van der Waals surface area (Å²) in [6.07, 6.45) is 2.61. The molecule has 0 saturated carbocycles. The van der Waals surface area contributed by atoms with E-state index in [0.29, 0.717) is 12.3 Å². The first-order valence-electron chi connectivity index (χ1n) is 4.68. The fraction of sp³-hybridized carbons (Fsp3) is 0.182. The molecule has 0 atom stereocenters. The van der Waals surface area contributed by atoms with Crippen LogP contribution in [0.15, 0.2) is 24.3 Å². The Morgan fingerprint density at radius 2 is 2.25 bits per heavy atom. The number of rotatable bonds is 4. The number of aromatic carboxylic acids is 1. The molecule has 0 fully saturated rings. The fourth-order valence-corrected chi connectivity index (χ4v) is 1.01. The van der Waals surface area contributed by atoms with Crippen LogP contribution in [-0.2, 0) is 9.53 Å². The van der Waals surface area contributed by atoms with E-state index >= 15 is 0 Å². The van der Waals surface area contributed by atoms with Crippen LogP contribution in [-0.4, -0.2) is 28.6 Å². The van der Waals surface area contributed by atoms with Gasteiger partial charge in [-0.2, -0.15) is 0 Å². The third-order valence-electron chi connectivity index (χ3n) is 1.67. The van der Waals surface area contributed by atoms with Crippen LogP contribution >= 0.6 is 0 Å². The van der Waals surface area contributed by atoms with Crippen molar-refractivity contribution in [1.82, 2.24) is 4.98 Å². The molecule has 1 N–H and O–H groups in total. The number of carbonyl (C=O) groups is 2. The van der Waals surface area contributed by atoms with Crippen molar-refractivity contribution in [1.29, 1.82) is 0 Å². The lowest BCUT2D eigenvalue weighted by Crippen LogP contribution is -2.01. The summed E-state index contributed by atoms with van der Waals surface area (Å²) in [5.74, 6) is -1.59. The zero-order valence-corrected chi connectivity index (χ0v) is 8.71. The van der Waals surface area contributed by atoms with Crippen LogP contribution < -0.4 is 0 Å². The van der Waals surface area contributed by atoms with Crippen molar-refractivity contribution in [3.8, 4) is 0 Å². The number of aromatic nitrogens is 1. The normalized spacial score (nSPS) is 10.3. The molecule has 5 nitrogen and oxygen atoms in total. The van der Waals surface area contributed by atoms with E-state index in [1.165, 1.54) is 18.2 Å². The largest absolute Gasteiger partial charge is 0.477 e. The van der Waals surface area contributed by atoms with Crippen molar-refractivity contribution < 1.29 is 19.4 Å². The minimum absolute atomic E-state index is 0.0639. The Morgan fingerprint density at radius 1 is 1.50 bits per heavy atom. The fourth-order valence-electron chi connectivity index (χ4n) is 1.01. The third kappa shape index (κ3) is 3.53. The Bertz CT molecular complexity index is 426. The zero-order chi connectivity index (χ0) is 12.0. The maximum atomic E-state index is 11.0. The molecule has 0 saturated heterocycles. The predicted octanol–water partition coefficient (Wildman–Crippen LogP) is 1.36. The lowest BCUT2D eigenvalue weighted by Gasteiger charge is -1.96. The lowest BCUT2D eigenvalue weighted by molar-refractivity contribution is -0.137. The summed E-state index contributed by atoms with van der Waals surface area (Å²) < 4.78 is 4.67. The van der Waals surface area contributed by atoms with Crippen LogP contribution in [0.25, 0.3) is 6.08 Å². The van der Waals surface area contributed by atoms with Crippen molar-refractivity contribution >= 4 is 18.0 Å². The van der Waals surface area contributed by atoms with Gasteiger partial charge in [-0.3, -0.25) is 0 Å². The number of hydrogen-bond acceptors (Lipinski definition) is 4. The van der Waals surface area contributed by atoms with E-state index in [1.807, 2.05) is 0 Å². The van der Waals surface area contributed by atoms with Gasteiger partial charge in [0.25, 0.3) is 0 Å². The van der Waals surface area contributed by atoms with Gasteiger partial charge in [-0.25, -0.2) is 14.6 Å². The standard InChI is InChI=1S/C11H11NO4/c1-2-16-10(13)7-6-8-4-3-5-9(12-8)11(14)15/h3-7H,2H2,1H3,(H,14,15). The van der Waals surface area contributed by atoms with E-state index in [2.05, 4.69) is 9.72 Å². The maximum Gasteiger partial charge on any atom is 0.354 e. The number of carbonyl (C=O) groups excluding carboxylic acids is 1. The van der Waals surface area contributed by atoms with Crippen molar-refractivity contribution in [2.75, 3.05) is 6.61 Å². The van der Waals surface area contributed by atoms with Gasteiger partial charge < -0.3 is 9.84 Å². The van der Waals surface area contributed by atoms with Gasteiger partial charge in [-0.05, 0) is 25.1 Å². The summed E-state index contributed by atoms with van der Waals surface area (Å²) in [6.45, 7) is 2.00. The Labute approximate surface area is 92.4 Å². The van der Waals surface area contributed by atoms with Crippen LogP contribution in [0.4, 0.5) is 0 Å². The molecule has 1 aromatic heterocycles.